The summed E-state index contributed by atoms with van der Waals surface area (Å²) < 4.78 is 24.3. The average Bonchev–Trinajstić information content (AvgIpc) is 2.64. The van der Waals surface area contributed by atoms with Crippen LogP contribution in [-0.2, 0) is 6.54 Å². The number of guanidine groups is 1. The van der Waals surface area contributed by atoms with Crippen molar-refractivity contribution in [2.75, 3.05) is 27.7 Å². The fraction of sp³-hybridized carbons (Fsp3) is 0.350. The number of rotatable bonds is 7. The molecule has 0 saturated heterocycles. The van der Waals surface area contributed by atoms with Crippen LogP contribution in [0.15, 0.2) is 53.5 Å². The molecule has 0 spiro atoms. The Hall–Kier alpha value is -2.76. The van der Waals surface area contributed by atoms with Crippen molar-refractivity contribution < 1.29 is 13.9 Å². The predicted molar refractivity (Wildman–Crippen MR) is 102 cm³/mol. The largest absolute Gasteiger partial charge is 0.493 e. The molecule has 6 heteroatoms. The number of nitrogens with zero attached hydrogens (tertiary/aromatic N) is 2. The van der Waals surface area contributed by atoms with Gasteiger partial charge in [0.1, 0.15) is 11.9 Å². The van der Waals surface area contributed by atoms with Gasteiger partial charge in [-0.05, 0) is 36.8 Å². The van der Waals surface area contributed by atoms with E-state index in [1.807, 2.05) is 43.1 Å². The highest BCUT2D eigenvalue weighted by Gasteiger charge is 2.11. The Labute approximate surface area is 154 Å². The molecule has 0 heterocycles. The van der Waals surface area contributed by atoms with E-state index in [9.17, 15) is 4.39 Å². The van der Waals surface area contributed by atoms with Crippen molar-refractivity contribution in [2.45, 2.75) is 19.6 Å². The Morgan fingerprint density at radius 2 is 1.81 bits per heavy atom. The molecular formula is C20H26FN3O2. The third kappa shape index (κ3) is 5.65. The maximum absolute atomic E-state index is 13.0. The summed E-state index contributed by atoms with van der Waals surface area (Å²) in [5.74, 6) is 1.92. The summed E-state index contributed by atoms with van der Waals surface area (Å²) in [6, 6.07) is 14.0. The van der Waals surface area contributed by atoms with Gasteiger partial charge < -0.3 is 19.7 Å². The van der Waals surface area contributed by atoms with Gasteiger partial charge in [0, 0.05) is 20.6 Å². The SMILES string of the molecule is CN=C(NCC(C)Oc1ccccc1OC)N(C)Cc1ccc(F)cc1. The van der Waals surface area contributed by atoms with Gasteiger partial charge >= 0.3 is 0 Å². The average molecular weight is 359 g/mol. The van der Waals surface area contributed by atoms with Crippen LogP contribution in [0.3, 0.4) is 0 Å². The van der Waals surface area contributed by atoms with Gasteiger partial charge in [0.25, 0.3) is 0 Å². The summed E-state index contributed by atoms with van der Waals surface area (Å²) in [7, 11) is 5.29. The predicted octanol–water partition coefficient (Wildman–Crippen LogP) is 3.31. The van der Waals surface area contributed by atoms with Crippen molar-refractivity contribution in [3.05, 3.63) is 59.9 Å². The lowest BCUT2D eigenvalue weighted by molar-refractivity contribution is 0.212. The first-order valence-electron chi connectivity index (χ1n) is 8.49. The Bertz CT molecular complexity index is 719. The van der Waals surface area contributed by atoms with Crippen LogP contribution in [0, 0.1) is 5.82 Å². The number of nitrogens with one attached hydrogen (secondary N) is 1. The molecular weight excluding hydrogens is 333 g/mol. The van der Waals surface area contributed by atoms with Crippen LogP contribution in [0.5, 0.6) is 11.5 Å². The summed E-state index contributed by atoms with van der Waals surface area (Å²) in [5.41, 5.74) is 1.01. The molecule has 0 aromatic heterocycles. The number of hydrogen-bond acceptors (Lipinski definition) is 3. The molecule has 2 aromatic carbocycles. The highest BCUT2D eigenvalue weighted by Crippen LogP contribution is 2.26. The smallest absolute Gasteiger partial charge is 0.193 e. The lowest BCUT2D eigenvalue weighted by Gasteiger charge is -2.24. The van der Waals surface area contributed by atoms with Crippen molar-refractivity contribution in [1.29, 1.82) is 0 Å². The number of aliphatic imine (C=N–C) groups is 1. The molecule has 0 aliphatic heterocycles. The molecule has 0 bridgehead atoms. The third-order valence-corrected chi connectivity index (χ3v) is 3.85. The zero-order chi connectivity index (χ0) is 18.9. The maximum atomic E-state index is 13.0. The normalized spacial score (nSPS) is 12.4. The van der Waals surface area contributed by atoms with Crippen molar-refractivity contribution in [3.8, 4) is 11.5 Å². The standard InChI is InChI=1S/C20H26FN3O2/c1-15(26-19-8-6-5-7-18(19)25-4)13-23-20(22-2)24(3)14-16-9-11-17(21)12-10-16/h5-12,15H,13-14H2,1-4H3,(H,22,23). The molecule has 1 unspecified atom stereocenters. The van der Waals surface area contributed by atoms with Gasteiger partial charge in [-0.25, -0.2) is 4.39 Å². The molecule has 5 nitrogen and oxygen atoms in total. The highest BCUT2D eigenvalue weighted by molar-refractivity contribution is 5.79. The molecule has 0 aliphatic rings. The van der Waals surface area contributed by atoms with E-state index < -0.39 is 0 Å². The molecule has 0 fully saturated rings. The Balaban J connectivity index is 1.88. The fourth-order valence-corrected chi connectivity index (χ4v) is 2.53. The van der Waals surface area contributed by atoms with Crippen LogP contribution in [0.4, 0.5) is 4.39 Å². The first-order valence-corrected chi connectivity index (χ1v) is 8.49. The van der Waals surface area contributed by atoms with Gasteiger partial charge in [0.15, 0.2) is 17.5 Å². The van der Waals surface area contributed by atoms with E-state index in [0.717, 1.165) is 11.5 Å². The number of methoxy groups -OCH3 is 1. The van der Waals surface area contributed by atoms with E-state index in [4.69, 9.17) is 9.47 Å². The lowest BCUT2D eigenvalue weighted by Crippen LogP contribution is -2.42. The van der Waals surface area contributed by atoms with Gasteiger partial charge in [-0.15, -0.1) is 0 Å². The highest BCUT2D eigenvalue weighted by atomic mass is 19.1. The molecule has 1 atom stereocenters. The second kappa shape index (κ2) is 9.65. The van der Waals surface area contributed by atoms with E-state index in [1.54, 1.807) is 26.3 Å². The number of halogens is 1. The molecule has 2 rings (SSSR count). The minimum Gasteiger partial charge on any atom is -0.493 e. The van der Waals surface area contributed by atoms with Crippen molar-refractivity contribution >= 4 is 5.96 Å². The van der Waals surface area contributed by atoms with E-state index >= 15 is 0 Å². The zero-order valence-electron chi connectivity index (χ0n) is 15.7. The first-order chi connectivity index (χ1) is 12.5. The second-order valence-corrected chi connectivity index (χ2v) is 5.99. The van der Waals surface area contributed by atoms with Crippen LogP contribution in [0.1, 0.15) is 12.5 Å². The minimum absolute atomic E-state index is 0.0812. The van der Waals surface area contributed by atoms with Crippen LogP contribution in [-0.4, -0.2) is 44.7 Å². The van der Waals surface area contributed by atoms with E-state index in [1.165, 1.54) is 12.1 Å². The van der Waals surface area contributed by atoms with Crippen molar-refractivity contribution in [1.82, 2.24) is 10.2 Å². The molecule has 26 heavy (non-hydrogen) atoms. The summed E-state index contributed by atoms with van der Waals surface area (Å²) in [6.45, 7) is 3.19. The van der Waals surface area contributed by atoms with Gasteiger partial charge in [0.05, 0.1) is 13.7 Å². The Morgan fingerprint density at radius 1 is 1.15 bits per heavy atom. The summed E-state index contributed by atoms with van der Waals surface area (Å²) in [6.07, 6.45) is -0.0812. The summed E-state index contributed by atoms with van der Waals surface area (Å²) >= 11 is 0. The number of hydrogen-bond donors (Lipinski definition) is 1. The van der Waals surface area contributed by atoms with Crippen molar-refractivity contribution in [2.24, 2.45) is 4.99 Å². The monoisotopic (exact) mass is 359 g/mol. The van der Waals surface area contributed by atoms with Crippen LogP contribution < -0.4 is 14.8 Å². The maximum Gasteiger partial charge on any atom is 0.193 e. The molecule has 0 aliphatic carbocycles. The number of benzene rings is 2. The second-order valence-electron chi connectivity index (χ2n) is 5.99. The molecule has 0 amide bonds. The Morgan fingerprint density at radius 3 is 2.42 bits per heavy atom. The van der Waals surface area contributed by atoms with Crippen molar-refractivity contribution in [3.63, 3.8) is 0 Å². The summed E-state index contributed by atoms with van der Waals surface area (Å²) in [5, 5.41) is 3.29. The quantitative estimate of drug-likeness (QED) is 0.609. The van der Waals surface area contributed by atoms with E-state index in [0.29, 0.717) is 24.6 Å². The van der Waals surface area contributed by atoms with Crippen LogP contribution in [0.2, 0.25) is 0 Å². The van der Waals surface area contributed by atoms with E-state index in [-0.39, 0.29) is 11.9 Å². The summed E-state index contributed by atoms with van der Waals surface area (Å²) in [4.78, 5) is 6.27. The molecule has 140 valence electrons. The molecule has 0 radical (unpaired) electrons. The molecule has 2 aromatic rings. The first kappa shape index (κ1) is 19.6. The topological polar surface area (TPSA) is 46.1 Å². The lowest BCUT2D eigenvalue weighted by atomic mass is 10.2. The van der Waals surface area contributed by atoms with Crippen LogP contribution in [0.25, 0.3) is 0 Å². The van der Waals surface area contributed by atoms with Gasteiger partial charge in [-0.1, -0.05) is 24.3 Å². The van der Waals surface area contributed by atoms with Gasteiger partial charge in [0.2, 0.25) is 0 Å². The van der Waals surface area contributed by atoms with E-state index in [2.05, 4.69) is 10.3 Å². The Kier molecular flexibility index (Phi) is 7.26. The fourth-order valence-electron chi connectivity index (χ4n) is 2.53. The zero-order valence-corrected chi connectivity index (χ0v) is 15.7. The van der Waals surface area contributed by atoms with Crippen LogP contribution >= 0.6 is 0 Å². The molecule has 1 N–H and O–H groups in total. The number of ether oxygens (including phenoxy) is 2. The van der Waals surface area contributed by atoms with Gasteiger partial charge in [-0.3, -0.25) is 4.99 Å². The number of para-hydroxylation sites is 2. The molecule has 0 saturated carbocycles. The van der Waals surface area contributed by atoms with Gasteiger partial charge in [-0.2, -0.15) is 0 Å². The third-order valence-electron chi connectivity index (χ3n) is 3.85. The minimum atomic E-state index is -0.235.